The van der Waals surface area contributed by atoms with E-state index < -0.39 is 11.0 Å². The van der Waals surface area contributed by atoms with E-state index in [1.54, 1.807) is 18.2 Å². The van der Waals surface area contributed by atoms with Gasteiger partial charge in [-0.05, 0) is 46.8 Å². The molecule has 0 bridgehead atoms. The number of hydrogen-bond acceptors (Lipinski definition) is 4. The van der Waals surface area contributed by atoms with Gasteiger partial charge in [-0.25, -0.2) is 0 Å². The number of nitro benzene ring substituents is 1. The van der Waals surface area contributed by atoms with Crippen LogP contribution in [0.5, 0.6) is 5.75 Å². The van der Waals surface area contributed by atoms with Crippen molar-refractivity contribution >= 4 is 39.5 Å². The van der Waals surface area contributed by atoms with Gasteiger partial charge in [0.05, 0.1) is 11.0 Å². The lowest BCUT2D eigenvalue weighted by atomic mass is 9.92. The van der Waals surface area contributed by atoms with Crippen molar-refractivity contribution in [2.75, 3.05) is 5.32 Å². The first-order chi connectivity index (χ1) is 15.0. The Morgan fingerprint density at radius 1 is 0.935 bits per heavy atom. The standard InChI is InChI=1S/C24H19N3O3S/c28-21-14-13-16-7-4-5-12-20(16)22(21)23(17-8-6-11-19(15-17)27(29)30)26-24(31)25-18-9-2-1-3-10-18/h1-15,23,28H,(H2,25,26,31). The Balaban J connectivity index is 1.80. The van der Waals surface area contributed by atoms with Crippen LogP contribution in [0.25, 0.3) is 10.8 Å². The van der Waals surface area contributed by atoms with E-state index >= 15 is 0 Å². The van der Waals surface area contributed by atoms with E-state index in [1.165, 1.54) is 12.1 Å². The molecule has 0 aliphatic heterocycles. The number of para-hydroxylation sites is 1. The number of thiocarbonyl (C=S) groups is 1. The number of nitro groups is 1. The number of benzene rings is 4. The van der Waals surface area contributed by atoms with Crippen LogP contribution in [0.2, 0.25) is 0 Å². The number of anilines is 1. The normalized spacial score (nSPS) is 11.6. The van der Waals surface area contributed by atoms with Gasteiger partial charge in [0, 0.05) is 23.4 Å². The van der Waals surface area contributed by atoms with Crippen molar-refractivity contribution in [3.63, 3.8) is 0 Å². The number of phenolic OH excluding ortho intramolecular Hbond substituents is 1. The molecule has 6 nitrogen and oxygen atoms in total. The molecular weight excluding hydrogens is 410 g/mol. The molecule has 0 saturated carbocycles. The van der Waals surface area contributed by atoms with Gasteiger partial charge in [-0.2, -0.15) is 0 Å². The Morgan fingerprint density at radius 3 is 2.45 bits per heavy atom. The van der Waals surface area contributed by atoms with E-state index in [9.17, 15) is 15.2 Å². The molecule has 0 saturated heterocycles. The SMILES string of the molecule is O=[N+]([O-])c1cccc(C(NC(=S)Nc2ccccc2)c2c(O)ccc3ccccc23)c1. The van der Waals surface area contributed by atoms with Crippen molar-refractivity contribution < 1.29 is 10.0 Å². The summed E-state index contributed by atoms with van der Waals surface area (Å²) in [5, 5.41) is 30.6. The summed E-state index contributed by atoms with van der Waals surface area (Å²) in [7, 11) is 0. The van der Waals surface area contributed by atoms with Crippen molar-refractivity contribution in [2.45, 2.75) is 6.04 Å². The Kier molecular flexibility index (Phi) is 5.77. The average molecular weight is 430 g/mol. The average Bonchev–Trinajstić information content (AvgIpc) is 2.78. The number of non-ortho nitro benzene ring substituents is 1. The lowest BCUT2D eigenvalue weighted by Crippen LogP contribution is -2.33. The molecule has 4 rings (SSSR count). The minimum atomic E-state index is -0.616. The van der Waals surface area contributed by atoms with E-state index in [2.05, 4.69) is 10.6 Å². The molecule has 31 heavy (non-hydrogen) atoms. The predicted molar refractivity (Wildman–Crippen MR) is 126 cm³/mol. The minimum absolute atomic E-state index is 0.0361. The third-order valence-corrected chi connectivity index (χ3v) is 5.18. The number of fused-ring (bicyclic) bond motifs is 1. The van der Waals surface area contributed by atoms with Gasteiger partial charge in [0.15, 0.2) is 5.11 Å². The van der Waals surface area contributed by atoms with E-state index in [0.717, 1.165) is 16.5 Å². The lowest BCUT2D eigenvalue weighted by molar-refractivity contribution is -0.384. The third-order valence-electron chi connectivity index (χ3n) is 4.96. The summed E-state index contributed by atoms with van der Waals surface area (Å²) in [6.45, 7) is 0. The molecule has 3 N–H and O–H groups in total. The van der Waals surface area contributed by atoms with Crippen LogP contribution < -0.4 is 10.6 Å². The molecule has 7 heteroatoms. The van der Waals surface area contributed by atoms with Crippen molar-refractivity contribution in [1.82, 2.24) is 5.32 Å². The Morgan fingerprint density at radius 2 is 1.68 bits per heavy atom. The number of phenols is 1. The first kappa shape index (κ1) is 20.3. The molecule has 0 aliphatic rings. The Labute approximate surface area is 184 Å². The maximum atomic E-state index is 11.4. The zero-order chi connectivity index (χ0) is 21.8. The van der Waals surface area contributed by atoms with Crippen LogP contribution in [0.15, 0.2) is 91.0 Å². The minimum Gasteiger partial charge on any atom is -0.508 e. The zero-order valence-electron chi connectivity index (χ0n) is 16.4. The van der Waals surface area contributed by atoms with Gasteiger partial charge in [-0.15, -0.1) is 0 Å². The van der Waals surface area contributed by atoms with Crippen LogP contribution in [0.4, 0.5) is 11.4 Å². The van der Waals surface area contributed by atoms with Crippen LogP contribution in [0.1, 0.15) is 17.2 Å². The molecule has 1 atom stereocenters. The van der Waals surface area contributed by atoms with Crippen LogP contribution >= 0.6 is 12.2 Å². The highest BCUT2D eigenvalue weighted by atomic mass is 32.1. The monoisotopic (exact) mass is 429 g/mol. The van der Waals surface area contributed by atoms with Gasteiger partial charge in [0.2, 0.25) is 0 Å². The molecule has 4 aromatic carbocycles. The smallest absolute Gasteiger partial charge is 0.269 e. The molecule has 0 aliphatic carbocycles. The topological polar surface area (TPSA) is 87.4 Å². The number of nitrogens with zero attached hydrogens (tertiary/aromatic N) is 1. The molecule has 0 aromatic heterocycles. The Bertz CT molecular complexity index is 1260. The predicted octanol–water partition coefficient (Wildman–Crippen LogP) is 5.53. The van der Waals surface area contributed by atoms with Crippen LogP contribution in [0, 0.1) is 10.1 Å². The first-order valence-corrected chi connectivity index (χ1v) is 10.0. The molecule has 0 amide bonds. The third kappa shape index (κ3) is 4.46. The number of aromatic hydroxyl groups is 1. The highest BCUT2D eigenvalue weighted by Crippen LogP contribution is 2.36. The maximum Gasteiger partial charge on any atom is 0.269 e. The number of hydrogen-bond donors (Lipinski definition) is 3. The van der Waals surface area contributed by atoms with Crippen molar-refractivity contribution in [3.8, 4) is 5.75 Å². The summed E-state index contributed by atoms with van der Waals surface area (Å²) < 4.78 is 0. The second-order valence-corrected chi connectivity index (χ2v) is 7.38. The van der Waals surface area contributed by atoms with Gasteiger partial charge in [-0.1, -0.05) is 60.7 Å². The summed E-state index contributed by atoms with van der Waals surface area (Å²) >= 11 is 5.52. The largest absolute Gasteiger partial charge is 0.508 e. The molecule has 0 spiro atoms. The Hall–Kier alpha value is -3.97. The van der Waals surface area contributed by atoms with E-state index in [4.69, 9.17) is 12.2 Å². The summed E-state index contributed by atoms with van der Waals surface area (Å²) in [5.74, 6) is 0.0743. The van der Waals surface area contributed by atoms with Gasteiger partial charge in [-0.3, -0.25) is 10.1 Å². The molecule has 0 heterocycles. The van der Waals surface area contributed by atoms with Crippen molar-refractivity contribution in [1.29, 1.82) is 0 Å². The molecule has 0 fully saturated rings. The molecule has 4 aromatic rings. The van der Waals surface area contributed by atoms with E-state index in [1.807, 2.05) is 60.7 Å². The second kappa shape index (κ2) is 8.81. The van der Waals surface area contributed by atoms with Gasteiger partial charge in [0.25, 0.3) is 5.69 Å². The number of rotatable bonds is 5. The fourth-order valence-electron chi connectivity index (χ4n) is 3.55. The summed E-state index contributed by atoms with van der Waals surface area (Å²) in [6.07, 6.45) is 0. The van der Waals surface area contributed by atoms with Gasteiger partial charge in [0.1, 0.15) is 5.75 Å². The maximum absolute atomic E-state index is 11.4. The van der Waals surface area contributed by atoms with E-state index in [0.29, 0.717) is 16.2 Å². The van der Waals surface area contributed by atoms with Crippen molar-refractivity contribution in [2.24, 2.45) is 0 Å². The first-order valence-electron chi connectivity index (χ1n) is 9.60. The zero-order valence-corrected chi connectivity index (χ0v) is 17.2. The van der Waals surface area contributed by atoms with E-state index in [-0.39, 0.29) is 11.4 Å². The highest BCUT2D eigenvalue weighted by molar-refractivity contribution is 7.80. The summed E-state index contributed by atoms with van der Waals surface area (Å²) in [4.78, 5) is 10.9. The number of nitrogens with one attached hydrogen (secondary N) is 2. The van der Waals surface area contributed by atoms with Crippen LogP contribution in [-0.2, 0) is 0 Å². The fourth-order valence-corrected chi connectivity index (χ4v) is 3.78. The second-order valence-electron chi connectivity index (χ2n) is 6.97. The fraction of sp³-hybridized carbons (Fsp3) is 0.0417. The molecular formula is C24H19N3O3S. The van der Waals surface area contributed by atoms with Gasteiger partial charge < -0.3 is 15.7 Å². The molecule has 154 valence electrons. The lowest BCUT2D eigenvalue weighted by Gasteiger charge is -2.24. The molecule has 1 unspecified atom stereocenters. The highest BCUT2D eigenvalue weighted by Gasteiger charge is 2.23. The van der Waals surface area contributed by atoms with Crippen LogP contribution in [0.3, 0.4) is 0 Å². The van der Waals surface area contributed by atoms with Gasteiger partial charge >= 0.3 is 0 Å². The quantitative estimate of drug-likeness (QED) is 0.220. The van der Waals surface area contributed by atoms with Crippen LogP contribution in [-0.4, -0.2) is 15.1 Å². The summed E-state index contributed by atoms with van der Waals surface area (Å²) in [5.41, 5.74) is 1.97. The van der Waals surface area contributed by atoms with Crippen molar-refractivity contribution in [3.05, 3.63) is 112 Å². The summed E-state index contributed by atoms with van der Waals surface area (Å²) in [6, 6.07) is 26.3. The molecule has 0 radical (unpaired) electrons.